The molecule has 0 fully saturated rings. The molecule has 2 unspecified atom stereocenters. The highest BCUT2D eigenvalue weighted by Crippen LogP contribution is 2.15. The van der Waals surface area contributed by atoms with Gasteiger partial charge in [0.25, 0.3) is 0 Å². The molecule has 2 atom stereocenters. The predicted molar refractivity (Wildman–Crippen MR) is 71.1 cm³/mol. The molecule has 0 spiro atoms. The Kier molecular flexibility index (Phi) is 4.94. The van der Waals surface area contributed by atoms with Gasteiger partial charge in [-0.15, -0.1) is 0 Å². The molecule has 88 valence electrons. The molecule has 1 aromatic carbocycles. The average molecular weight is 236 g/mol. The lowest BCUT2D eigenvalue weighted by molar-refractivity contribution is 0.673. The summed E-state index contributed by atoms with van der Waals surface area (Å²) in [7, 11) is -0.897. The van der Waals surface area contributed by atoms with Crippen LogP contribution in [0.4, 0.5) is 0 Å². The lowest BCUT2D eigenvalue weighted by Crippen LogP contribution is -2.09. The van der Waals surface area contributed by atoms with Crippen molar-refractivity contribution in [1.29, 1.82) is 0 Å². The first kappa shape index (κ1) is 13.2. The third kappa shape index (κ3) is 3.93. The Morgan fingerprint density at radius 2 is 1.88 bits per heavy atom. The molecule has 16 heavy (non-hydrogen) atoms. The Morgan fingerprint density at radius 1 is 1.31 bits per heavy atom. The molecule has 0 aliphatic heterocycles. The fourth-order valence-electron chi connectivity index (χ4n) is 1.39. The van der Waals surface area contributed by atoms with E-state index in [9.17, 15) is 4.21 Å². The van der Waals surface area contributed by atoms with E-state index < -0.39 is 10.8 Å². The van der Waals surface area contributed by atoms with Crippen LogP contribution >= 0.6 is 0 Å². The molecule has 0 bridgehead atoms. The fourth-order valence-corrected chi connectivity index (χ4v) is 2.53. The zero-order chi connectivity index (χ0) is 12.1. The van der Waals surface area contributed by atoms with Crippen molar-refractivity contribution in [1.82, 2.24) is 0 Å². The molecule has 0 aliphatic rings. The van der Waals surface area contributed by atoms with E-state index in [0.717, 1.165) is 11.3 Å². The Labute approximate surface area is 101 Å². The highest BCUT2D eigenvalue weighted by Gasteiger charge is 2.11. The monoisotopic (exact) mass is 236 g/mol. The first-order chi connectivity index (χ1) is 7.50. The van der Waals surface area contributed by atoms with Crippen LogP contribution < -0.4 is 0 Å². The molecule has 0 radical (unpaired) electrons. The van der Waals surface area contributed by atoms with Crippen LogP contribution in [0.25, 0.3) is 0 Å². The zero-order valence-corrected chi connectivity index (χ0v) is 11.3. The Hall–Kier alpha value is -0.890. The molecule has 0 saturated carbocycles. The average Bonchev–Trinajstić information content (AvgIpc) is 2.26. The zero-order valence-electron chi connectivity index (χ0n) is 10.5. The van der Waals surface area contributed by atoms with Crippen LogP contribution in [0.2, 0.25) is 0 Å². The highest BCUT2D eigenvalue weighted by molar-refractivity contribution is 7.85. The number of hydrogen-bond acceptors (Lipinski definition) is 1. The molecule has 0 heterocycles. The van der Waals surface area contributed by atoms with Gasteiger partial charge in [-0.3, -0.25) is 4.21 Å². The lowest BCUT2D eigenvalue weighted by atomic mass is 10.2. The number of rotatable bonds is 4. The summed E-state index contributed by atoms with van der Waals surface area (Å²) in [5, 5.41) is 0.178. The largest absolute Gasteiger partial charge is 0.254 e. The van der Waals surface area contributed by atoms with Crippen molar-refractivity contribution < 1.29 is 4.21 Å². The topological polar surface area (TPSA) is 17.1 Å². The van der Waals surface area contributed by atoms with Gasteiger partial charge >= 0.3 is 0 Å². The normalized spacial score (nSPS) is 14.2. The van der Waals surface area contributed by atoms with Gasteiger partial charge in [-0.25, -0.2) is 0 Å². The molecular formula is C14H20OS. The molecule has 0 amide bonds. The summed E-state index contributed by atoms with van der Waals surface area (Å²) in [4.78, 5) is 0.931. The SMILES string of the molecule is CC(C)=CCC(C)S(=O)c1ccc(C)cc1. The van der Waals surface area contributed by atoms with E-state index in [4.69, 9.17) is 0 Å². The van der Waals surface area contributed by atoms with Gasteiger partial charge < -0.3 is 0 Å². The third-order valence-electron chi connectivity index (χ3n) is 2.48. The molecule has 2 heteroatoms. The lowest BCUT2D eigenvalue weighted by Gasteiger charge is -2.09. The van der Waals surface area contributed by atoms with Crippen LogP contribution in [-0.4, -0.2) is 9.46 Å². The second kappa shape index (κ2) is 6.00. The first-order valence-electron chi connectivity index (χ1n) is 5.61. The predicted octanol–water partition coefficient (Wildman–Crippen LogP) is 3.85. The van der Waals surface area contributed by atoms with Crippen LogP contribution in [0, 0.1) is 6.92 Å². The maximum atomic E-state index is 12.2. The van der Waals surface area contributed by atoms with Crippen LogP contribution in [-0.2, 0) is 10.8 Å². The van der Waals surface area contributed by atoms with E-state index >= 15 is 0 Å². The van der Waals surface area contributed by atoms with Crippen molar-refractivity contribution in [2.75, 3.05) is 0 Å². The molecular weight excluding hydrogens is 216 g/mol. The van der Waals surface area contributed by atoms with E-state index in [-0.39, 0.29) is 5.25 Å². The van der Waals surface area contributed by atoms with Gasteiger partial charge in [0, 0.05) is 10.1 Å². The molecule has 0 N–H and O–H groups in total. The van der Waals surface area contributed by atoms with Crippen LogP contribution in [0.1, 0.15) is 32.8 Å². The summed E-state index contributed by atoms with van der Waals surface area (Å²) in [5.41, 5.74) is 2.49. The Bertz CT molecular complexity index is 386. The van der Waals surface area contributed by atoms with Crippen LogP contribution in [0.3, 0.4) is 0 Å². The van der Waals surface area contributed by atoms with Crippen LogP contribution in [0.15, 0.2) is 40.8 Å². The number of allylic oxidation sites excluding steroid dienone is 2. The molecule has 1 rings (SSSR count). The summed E-state index contributed by atoms with van der Waals surface area (Å²) in [5.74, 6) is 0. The van der Waals surface area contributed by atoms with Crippen molar-refractivity contribution in [2.24, 2.45) is 0 Å². The minimum absolute atomic E-state index is 0.178. The summed E-state index contributed by atoms with van der Waals surface area (Å²) in [6.45, 7) is 8.22. The van der Waals surface area contributed by atoms with Crippen LogP contribution in [0.5, 0.6) is 0 Å². The van der Waals surface area contributed by atoms with E-state index in [2.05, 4.69) is 19.9 Å². The van der Waals surface area contributed by atoms with Gasteiger partial charge in [0.2, 0.25) is 0 Å². The second-order valence-electron chi connectivity index (χ2n) is 4.44. The van der Waals surface area contributed by atoms with E-state index in [1.54, 1.807) is 0 Å². The third-order valence-corrected chi connectivity index (χ3v) is 4.14. The summed E-state index contributed by atoms with van der Waals surface area (Å²) in [6, 6.07) is 7.96. The number of benzene rings is 1. The van der Waals surface area contributed by atoms with Gasteiger partial charge in [-0.1, -0.05) is 36.3 Å². The summed E-state index contributed by atoms with van der Waals surface area (Å²) < 4.78 is 12.2. The Morgan fingerprint density at radius 3 is 2.38 bits per heavy atom. The van der Waals surface area contributed by atoms with Crippen molar-refractivity contribution in [3.8, 4) is 0 Å². The van der Waals surface area contributed by atoms with E-state index in [1.807, 2.05) is 38.1 Å². The first-order valence-corrected chi connectivity index (χ1v) is 6.82. The number of aryl methyl sites for hydroxylation is 1. The fraction of sp³-hybridized carbons (Fsp3) is 0.429. The van der Waals surface area contributed by atoms with Crippen molar-refractivity contribution in [2.45, 2.75) is 44.3 Å². The molecule has 1 aromatic rings. The van der Waals surface area contributed by atoms with E-state index in [1.165, 1.54) is 11.1 Å². The van der Waals surface area contributed by atoms with Crippen molar-refractivity contribution in [3.63, 3.8) is 0 Å². The second-order valence-corrected chi connectivity index (χ2v) is 6.31. The molecule has 0 saturated heterocycles. The number of hydrogen-bond donors (Lipinski definition) is 0. The van der Waals surface area contributed by atoms with Gasteiger partial charge in [-0.05, 0) is 39.3 Å². The van der Waals surface area contributed by atoms with Gasteiger partial charge in [0.1, 0.15) is 0 Å². The van der Waals surface area contributed by atoms with Crippen molar-refractivity contribution >= 4 is 10.8 Å². The molecule has 1 nitrogen and oxygen atoms in total. The minimum atomic E-state index is -0.897. The maximum Gasteiger partial charge on any atom is 0.0561 e. The van der Waals surface area contributed by atoms with Gasteiger partial charge in [-0.2, -0.15) is 0 Å². The minimum Gasteiger partial charge on any atom is -0.254 e. The summed E-state index contributed by atoms with van der Waals surface area (Å²) in [6.07, 6.45) is 3.03. The quantitative estimate of drug-likeness (QED) is 0.726. The standard InChI is InChI=1S/C14H20OS/c1-11(2)5-8-13(4)16(15)14-9-6-12(3)7-10-14/h5-7,9-10,13H,8H2,1-4H3. The van der Waals surface area contributed by atoms with E-state index in [0.29, 0.717) is 0 Å². The summed E-state index contributed by atoms with van der Waals surface area (Å²) >= 11 is 0. The van der Waals surface area contributed by atoms with Gasteiger partial charge in [0.15, 0.2) is 0 Å². The highest BCUT2D eigenvalue weighted by atomic mass is 32.2. The van der Waals surface area contributed by atoms with Gasteiger partial charge in [0.05, 0.1) is 10.8 Å². The Balaban J connectivity index is 2.70. The maximum absolute atomic E-state index is 12.2. The van der Waals surface area contributed by atoms with Crippen molar-refractivity contribution in [3.05, 3.63) is 41.5 Å². The molecule has 0 aromatic heterocycles. The molecule has 0 aliphatic carbocycles. The smallest absolute Gasteiger partial charge is 0.0561 e.